The molecule has 0 aromatic heterocycles. The van der Waals surface area contributed by atoms with Gasteiger partial charge in [-0.05, 0) is 6.42 Å². The van der Waals surface area contributed by atoms with Gasteiger partial charge in [-0.25, -0.2) is 0 Å². The Bertz CT molecular complexity index is 277. The van der Waals surface area contributed by atoms with Crippen molar-refractivity contribution >= 4 is 11.9 Å². The standard InChI is InChI=1S/C11H19NO5/c1-3-9(16-2)11(15)12-4-5-17-7-8(12)6-10(13)14/h8-9H,3-7H2,1-2H3,(H,13,14)/t8-,9-/m1/s1. The Labute approximate surface area is 100 Å². The molecule has 0 unspecified atom stereocenters. The predicted octanol–water partition coefficient (Wildman–Crippen LogP) is 0.114. The molecule has 6 nitrogen and oxygen atoms in total. The fourth-order valence-electron chi connectivity index (χ4n) is 1.94. The first kappa shape index (κ1) is 13.9. The van der Waals surface area contributed by atoms with Crippen LogP contribution in [0.2, 0.25) is 0 Å². The summed E-state index contributed by atoms with van der Waals surface area (Å²) in [5, 5.41) is 8.79. The van der Waals surface area contributed by atoms with E-state index in [1.165, 1.54) is 7.11 Å². The van der Waals surface area contributed by atoms with Crippen molar-refractivity contribution in [3.63, 3.8) is 0 Å². The van der Waals surface area contributed by atoms with E-state index in [2.05, 4.69) is 0 Å². The average Bonchev–Trinajstić information content (AvgIpc) is 2.30. The third-order valence-electron chi connectivity index (χ3n) is 2.85. The molecule has 0 spiro atoms. The van der Waals surface area contributed by atoms with Gasteiger partial charge < -0.3 is 19.5 Å². The van der Waals surface area contributed by atoms with Crippen LogP contribution < -0.4 is 0 Å². The summed E-state index contributed by atoms with van der Waals surface area (Å²) < 4.78 is 10.3. The number of ether oxygens (including phenoxy) is 2. The number of hydrogen-bond acceptors (Lipinski definition) is 4. The van der Waals surface area contributed by atoms with E-state index in [-0.39, 0.29) is 18.9 Å². The summed E-state index contributed by atoms with van der Waals surface area (Å²) in [5.41, 5.74) is 0. The molecule has 1 aliphatic rings. The summed E-state index contributed by atoms with van der Waals surface area (Å²) in [4.78, 5) is 24.4. The Morgan fingerprint density at radius 1 is 1.59 bits per heavy atom. The number of carboxylic acid groups (broad SMARTS) is 1. The van der Waals surface area contributed by atoms with Crippen molar-refractivity contribution < 1.29 is 24.2 Å². The Balaban J connectivity index is 2.69. The molecule has 0 aromatic rings. The quantitative estimate of drug-likeness (QED) is 0.744. The maximum Gasteiger partial charge on any atom is 0.305 e. The highest BCUT2D eigenvalue weighted by molar-refractivity contribution is 5.82. The van der Waals surface area contributed by atoms with Crippen molar-refractivity contribution in [1.82, 2.24) is 4.90 Å². The van der Waals surface area contributed by atoms with E-state index in [4.69, 9.17) is 14.6 Å². The van der Waals surface area contributed by atoms with Crippen LogP contribution in [0.1, 0.15) is 19.8 Å². The molecule has 0 bridgehead atoms. The number of hydrogen-bond donors (Lipinski definition) is 1. The molecular formula is C11H19NO5. The van der Waals surface area contributed by atoms with E-state index in [9.17, 15) is 9.59 Å². The van der Waals surface area contributed by atoms with Crippen LogP contribution >= 0.6 is 0 Å². The van der Waals surface area contributed by atoms with Crippen molar-refractivity contribution in [3.05, 3.63) is 0 Å². The number of rotatable bonds is 5. The van der Waals surface area contributed by atoms with Gasteiger partial charge in [0, 0.05) is 13.7 Å². The number of carboxylic acids is 1. The lowest BCUT2D eigenvalue weighted by Gasteiger charge is -2.36. The van der Waals surface area contributed by atoms with Crippen LogP contribution in [0.5, 0.6) is 0 Å². The van der Waals surface area contributed by atoms with Crippen molar-refractivity contribution in [3.8, 4) is 0 Å². The number of nitrogens with zero attached hydrogens (tertiary/aromatic N) is 1. The molecular weight excluding hydrogens is 226 g/mol. The highest BCUT2D eigenvalue weighted by Crippen LogP contribution is 2.14. The minimum Gasteiger partial charge on any atom is -0.481 e. The predicted molar refractivity (Wildman–Crippen MR) is 59.7 cm³/mol. The van der Waals surface area contributed by atoms with E-state index in [1.54, 1.807) is 4.90 Å². The second-order valence-corrected chi connectivity index (χ2v) is 3.99. The summed E-state index contributed by atoms with van der Waals surface area (Å²) in [6, 6.07) is -0.391. The van der Waals surface area contributed by atoms with Gasteiger partial charge in [-0.2, -0.15) is 0 Å². The third kappa shape index (κ3) is 3.67. The zero-order chi connectivity index (χ0) is 12.8. The Hall–Kier alpha value is -1.14. The Kier molecular flexibility index (Phi) is 5.37. The number of carbonyl (C=O) groups excluding carboxylic acids is 1. The van der Waals surface area contributed by atoms with E-state index in [1.807, 2.05) is 6.92 Å². The van der Waals surface area contributed by atoms with Gasteiger partial charge in [0.05, 0.1) is 25.7 Å². The number of aliphatic carboxylic acids is 1. The van der Waals surface area contributed by atoms with Gasteiger partial charge in [0.25, 0.3) is 5.91 Å². The summed E-state index contributed by atoms with van der Waals surface area (Å²) in [5.74, 6) is -1.08. The van der Waals surface area contributed by atoms with Crippen molar-refractivity contribution in [2.75, 3.05) is 26.9 Å². The maximum absolute atomic E-state index is 12.1. The number of carbonyl (C=O) groups is 2. The van der Waals surface area contributed by atoms with Gasteiger partial charge >= 0.3 is 5.97 Å². The molecule has 98 valence electrons. The Morgan fingerprint density at radius 2 is 2.29 bits per heavy atom. The van der Waals surface area contributed by atoms with E-state index < -0.39 is 18.1 Å². The fraction of sp³-hybridized carbons (Fsp3) is 0.818. The smallest absolute Gasteiger partial charge is 0.305 e. The van der Waals surface area contributed by atoms with Crippen molar-refractivity contribution in [2.45, 2.75) is 31.9 Å². The normalized spacial score (nSPS) is 22.2. The molecule has 1 N–H and O–H groups in total. The highest BCUT2D eigenvalue weighted by Gasteiger charge is 2.32. The molecule has 17 heavy (non-hydrogen) atoms. The molecule has 1 saturated heterocycles. The zero-order valence-corrected chi connectivity index (χ0v) is 10.2. The molecule has 0 aromatic carbocycles. The molecule has 1 amide bonds. The molecule has 0 aliphatic carbocycles. The van der Waals surface area contributed by atoms with Crippen molar-refractivity contribution in [2.24, 2.45) is 0 Å². The van der Waals surface area contributed by atoms with Gasteiger partial charge in [-0.1, -0.05) is 6.92 Å². The van der Waals surface area contributed by atoms with Crippen LogP contribution in [0.15, 0.2) is 0 Å². The van der Waals surface area contributed by atoms with Gasteiger partial charge in [0.2, 0.25) is 0 Å². The van der Waals surface area contributed by atoms with Gasteiger partial charge in [-0.3, -0.25) is 9.59 Å². The van der Waals surface area contributed by atoms with E-state index in [0.717, 1.165) is 0 Å². The molecule has 0 saturated carbocycles. The zero-order valence-electron chi connectivity index (χ0n) is 10.2. The van der Waals surface area contributed by atoms with Gasteiger partial charge in [0.1, 0.15) is 6.10 Å². The molecule has 6 heteroatoms. The lowest BCUT2D eigenvalue weighted by Crippen LogP contribution is -2.53. The second-order valence-electron chi connectivity index (χ2n) is 3.99. The van der Waals surface area contributed by atoms with Crippen molar-refractivity contribution in [1.29, 1.82) is 0 Å². The summed E-state index contributed by atoms with van der Waals surface area (Å²) in [6.45, 7) is 3.01. The lowest BCUT2D eigenvalue weighted by atomic mass is 10.1. The van der Waals surface area contributed by atoms with Crippen LogP contribution in [0, 0.1) is 0 Å². The Morgan fingerprint density at radius 3 is 2.82 bits per heavy atom. The summed E-state index contributed by atoms with van der Waals surface area (Å²) in [7, 11) is 1.48. The van der Waals surface area contributed by atoms with Gasteiger partial charge in [-0.15, -0.1) is 0 Å². The number of amides is 1. The van der Waals surface area contributed by atoms with Crippen LogP contribution in [0.4, 0.5) is 0 Å². The molecule has 1 aliphatic heterocycles. The molecule has 0 radical (unpaired) electrons. The van der Waals surface area contributed by atoms with Crippen LogP contribution in [0.25, 0.3) is 0 Å². The SMILES string of the molecule is CC[C@@H](OC)C(=O)N1CCOC[C@H]1CC(=O)O. The minimum absolute atomic E-state index is 0.0914. The molecule has 1 heterocycles. The topological polar surface area (TPSA) is 76.1 Å². The lowest BCUT2D eigenvalue weighted by molar-refractivity contribution is -0.153. The largest absolute Gasteiger partial charge is 0.481 e. The molecule has 2 atom stereocenters. The third-order valence-corrected chi connectivity index (χ3v) is 2.85. The molecule has 1 fully saturated rings. The van der Waals surface area contributed by atoms with Gasteiger partial charge in [0.15, 0.2) is 0 Å². The number of methoxy groups -OCH3 is 1. The second kappa shape index (κ2) is 6.56. The van der Waals surface area contributed by atoms with Crippen LogP contribution in [-0.2, 0) is 19.1 Å². The monoisotopic (exact) mass is 245 g/mol. The maximum atomic E-state index is 12.1. The van der Waals surface area contributed by atoms with Crippen LogP contribution in [-0.4, -0.2) is 60.9 Å². The highest BCUT2D eigenvalue weighted by atomic mass is 16.5. The molecule has 1 rings (SSSR count). The first-order chi connectivity index (χ1) is 8.10. The van der Waals surface area contributed by atoms with E-state index >= 15 is 0 Å². The van der Waals surface area contributed by atoms with E-state index in [0.29, 0.717) is 19.6 Å². The average molecular weight is 245 g/mol. The summed E-state index contributed by atoms with van der Waals surface area (Å²) >= 11 is 0. The van der Waals surface area contributed by atoms with Crippen LogP contribution in [0.3, 0.4) is 0 Å². The fourth-order valence-corrected chi connectivity index (χ4v) is 1.94. The number of morpholine rings is 1. The first-order valence-corrected chi connectivity index (χ1v) is 5.73. The minimum atomic E-state index is -0.927. The summed E-state index contributed by atoms with van der Waals surface area (Å²) in [6.07, 6.45) is -0.0114. The first-order valence-electron chi connectivity index (χ1n) is 5.73.